The average Bonchev–Trinajstić information content (AvgIpc) is 2.55. The van der Waals surface area contributed by atoms with Crippen LogP contribution in [0.1, 0.15) is 12.8 Å². The Balaban J connectivity index is 1.65. The molecule has 4 N–H and O–H groups in total. The van der Waals surface area contributed by atoms with Gasteiger partial charge in [0.1, 0.15) is 5.75 Å². The van der Waals surface area contributed by atoms with Crippen LogP contribution in [0.4, 0.5) is 11.4 Å². The van der Waals surface area contributed by atoms with Crippen molar-refractivity contribution in [1.82, 2.24) is 0 Å². The molecule has 1 atom stereocenters. The number of carbonyl (C=O) groups excluding carboxylic acids is 2. The predicted octanol–water partition coefficient (Wildman–Crippen LogP) is 0.710. The summed E-state index contributed by atoms with van der Waals surface area (Å²) in [6.07, 6.45) is 1.60. The molecule has 1 aromatic carbocycles. The zero-order valence-corrected chi connectivity index (χ0v) is 12.1. The Bertz CT molecular complexity index is 584. The van der Waals surface area contributed by atoms with E-state index < -0.39 is 6.04 Å². The molecule has 7 nitrogen and oxygen atoms in total. The summed E-state index contributed by atoms with van der Waals surface area (Å²) in [6.45, 7) is 1.28. The zero-order valence-electron chi connectivity index (χ0n) is 12.1. The fourth-order valence-corrected chi connectivity index (χ4v) is 2.67. The summed E-state index contributed by atoms with van der Waals surface area (Å²) in [4.78, 5) is 23.5. The molecule has 0 aromatic heterocycles. The lowest BCUT2D eigenvalue weighted by molar-refractivity contribution is -0.119. The Morgan fingerprint density at radius 2 is 2.14 bits per heavy atom. The van der Waals surface area contributed by atoms with Crippen LogP contribution in [0.25, 0.3) is 0 Å². The number of fused-ring (bicyclic) bond motifs is 1. The number of hydrogen-bond donors (Lipinski definition) is 3. The van der Waals surface area contributed by atoms with Crippen molar-refractivity contribution in [2.45, 2.75) is 18.9 Å². The topological polar surface area (TPSA) is 103 Å². The van der Waals surface area contributed by atoms with Crippen molar-refractivity contribution >= 4 is 23.2 Å². The fourth-order valence-electron chi connectivity index (χ4n) is 2.67. The van der Waals surface area contributed by atoms with Crippen molar-refractivity contribution in [2.75, 3.05) is 30.5 Å². The molecular formula is C15H19N3O4. The number of anilines is 2. The number of rotatable bonds is 3. The third kappa shape index (κ3) is 3.20. The van der Waals surface area contributed by atoms with Crippen LogP contribution in [0.5, 0.6) is 5.75 Å². The van der Waals surface area contributed by atoms with E-state index in [0.717, 1.165) is 12.8 Å². The van der Waals surface area contributed by atoms with Gasteiger partial charge in [0.2, 0.25) is 5.91 Å². The van der Waals surface area contributed by atoms with Crippen LogP contribution in [0.2, 0.25) is 0 Å². The quantitative estimate of drug-likeness (QED) is 0.763. The maximum Gasteiger partial charge on any atom is 0.262 e. The summed E-state index contributed by atoms with van der Waals surface area (Å²) in [5.41, 5.74) is 7.24. The third-order valence-corrected chi connectivity index (χ3v) is 3.96. The van der Waals surface area contributed by atoms with Crippen LogP contribution < -0.4 is 21.1 Å². The van der Waals surface area contributed by atoms with Gasteiger partial charge < -0.3 is 25.8 Å². The molecule has 0 radical (unpaired) electrons. The molecular weight excluding hydrogens is 286 g/mol. The van der Waals surface area contributed by atoms with Crippen LogP contribution >= 0.6 is 0 Å². The molecule has 7 heteroatoms. The minimum Gasteiger partial charge on any atom is -0.482 e. The Labute approximate surface area is 128 Å². The number of nitrogens with two attached hydrogens (primary N) is 1. The normalized spacial score (nSPS) is 19.6. The molecule has 0 bridgehead atoms. The minimum atomic E-state index is -0.555. The predicted molar refractivity (Wildman–Crippen MR) is 80.7 cm³/mol. The van der Waals surface area contributed by atoms with E-state index >= 15 is 0 Å². The van der Waals surface area contributed by atoms with Gasteiger partial charge in [-0.25, -0.2) is 0 Å². The summed E-state index contributed by atoms with van der Waals surface area (Å²) in [7, 11) is 0. The van der Waals surface area contributed by atoms with Crippen molar-refractivity contribution in [2.24, 2.45) is 11.7 Å². The highest BCUT2D eigenvalue weighted by atomic mass is 16.5. The van der Waals surface area contributed by atoms with Crippen molar-refractivity contribution in [3.63, 3.8) is 0 Å². The van der Waals surface area contributed by atoms with Crippen molar-refractivity contribution in [1.29, 1.82) is 0 Å². The Morgan fingerprint density at radius 1 is 1.36 bits per heavy atom. The van der Waals surface area contributed by atoms with Crippen molar-refractivity contribution < 1.29 is 19.1 Å². The maximum absolute atomic E-state index is 12.2. The number of nitrogens with one attached hydrogen (secondary N) is 2. The summed E-state index contributed by atoms with van der Waals surface area (Å²) in [5.74, 6) is 0.275. The Morgan fingerprint density at radius 3 is 2.91 bits per heavy atom. The molecule has 1 unspecified atom stereocenters. The highest BCUT2D eigenvalue weighted by Crippen LogP contribution is 2.30. The lowest BCUT2D eigenvalue weighted by Gasteiger charge is -2.27. The number of carbonyl (C=O) groups is 2. The molecule has 2 amide bonds. The first-order chi connectivity index (χ1) is 10.6. The molecule has 0 saturated carbocycles. The van der Waals surface area contributed by atoms with E-state index in [2.05, 4.69) is 10.6 Å². The molecule has 2 aliphatic rings. The highest BCUT2D eigenvalue weighted by Gasteiger charge is 2.27. The number of hydrogen-bond acceptors (Lipinski definition) is 5. The van der Waals surface area contributed by atoms with Crippen LogP contribution in [0.15, 0.2) is 18.2 Å². The molecule has 3 rings (SSSR count). The van der Waals surface area contributed by atoms with Gasteiger partial charge in [-0.3, -0.25) is 9.59 Å². The van der Waals surface area contributed by atoms with Gasteiger partial charge in [-0.2, -0.15) is 0 Å². The summed E-state index contributed by atoms with van der Waals surface area (Å²) < 4.78 is 10.6. The van der Waals surface area contributed by atoms with E-state index in [1.54, 1.807) is 18.2 Å². The minimum absolute atomic E-state index is 0.0218. The lowest BCUT2D eigenvalue weighted by Crippen LogP contribution is -2.44. The van der Waals surface area contributed by atoms with Crippen molar-refractivity contribution in [3.05, 3.63) is 18.2 Å². The first kappa shape index (κ1) is 14.8. The fraction of sp³-hybridized carbons (Fsp3) is 0.467. The zero-order chi connectivity index (χ0) is 15.5. The van der Waals surface area contributed by atoms with Gasteiger partial charge in [-0.05, 0) is 30.9 Å². The van der Waals surface area contributed by atoms with Gasteiger partial charge in [0.25, 0.3) is 5.91 Å². The molecule has 1 fully saturated rings. The van der Waals surface area contributed by atoms with Gasteiger partial charge in [0.05, 0.1) is 11.7 Å². The average molecular weight is 305 g/mol. The molecule has 2 heterocycles. The van der Waals surface area contributed by atoms with Gasteiger partial charge in [-0.15, -0.1) is 0 Å². The molecule has 22 heavy (non-hydrogen) atoms. The summed E-state index contributed by atoms with van der Waals surface area (Å²) in [6, 6.07) is 4.54. The van der Waals surface area contributed by atoms with Crippen LogP contribution in [0.3, 0.4) is 0 Å². The molecule has 0 aliphatic carbocycles. The van der Waals surface area contributed by atoms with Gasteiger partial charge in [0.15, 0.2) is 6.61 Å². The summed E-state index contributed by atoms with van der Waals surface area (Å²) in [5, 5.41) is 5.50. The smallest absolute Gasteiger partial charge is 0.262 e. The van der Waals surface area contributed by atoms with E-state index in [-0.39, 0.29) is 24.3 Å². The van der Waals surface area contributed by atoms with Crippen LogP contribution in [-0.2, 0) is 14.3 Å². The number of benzene rings is 1. The third-order valence-electron chi connectivity index (χ3n) is 3.96. The van der Waals surface area contributed by atoms with E-state index in [1.165, 1.54) is 0 Å². The lowest BCUT2D eigenvalue weighted by atomic mass is 9.92. The molecule has 0 spiro atoms. The molecule has 2 aliphatic heterocycles. The monoisotopic (exact) mass is 305 g/mol. The van der Waals surface area contributed by atoms with Crippen LogP contribution in [-0.4, -0.2) is 37.7 Å². The first-order valence-corrected chi connectivity index (χ1v) is 7.34. The number of ether oxygens (including phenoxy) is 2. The Kier molecular flexibility index (Phi) is 4.26. The van der Waals surface area contributed by atoms with E-state index in [4.69, 9.17) is 15.2 Å². The standard InChI is InChI=1S/C15H19N3O4/c16-14(9-3-5-21-6-4-9)15(20)17-10-1-2-11-12(7-10)22-8-13(19)18-11/h1-2,7,9,14H,3-6,8,16H2,(H,17,20)(H,18,19). The van der Waals surface area contributed by atoms with Crippen LogP contribution in [0, 0.1) is 5.92 Å². The second kappa shape index (κ2) is 6.33. The van der Waals surface area contributed by atoms with E-state index in [0.29, 0.717) is 30.3 Å². The number of amides is 2. The summed E-state index contributed by atoms with van der Waals surface area (Å²) >= 11 is 0. The largest absolute Gasteiger partial charge is 0.482 e. The van der Waals surface area contributed by atoms with Gasteiger partial charge in [-0.1, -0.05) is 0 Å². The molecule has 1 aromatic rings. The SMILES string of the molecule is NC(C(=O)Nc1ccc2c(c1)OCC(=O)N2)C1CCOCC1. The first-order valence-electron chi connectivity index (χ1n) is 7.34. The molecule has 1 saturated heterocycles. The van der Waals surface area contributed by atoms with E-state index in [1.807, 2.05) is 0 Å². The van der Waals surface area contributed by atoms with Gasteiger partial charge in [0, 0.05) is 25.0 Å². The second-order valence-electron chi connectivity index (χ2n) is 5.51. The highest BCUT2D eigenvalue weighted by molar-refractivity contribution is 5.98. The maximum atomic E-state index is 12.2. The second-order valence-corrected chi connectivity index (χ2v) is 5.51. The van der Waals surface area contributed by atoms with Crippen molar-refractivity contribution in [3.8, 4) is 5.75 Å². The van der Waals surface area contributed by atoms with Gasteiger partial charge >= 0.3 is 0 Å². The Hall–Kier alpha value is -2.12. The molecule has 118 valence electrons. The van der Waals surface area contributed by atoms with E-state index in [9.17, 15) is 9.59 Å².